The highest BCUT2D eigenvalue weighted by Gasteiger charge is 2.29. The smallest absolute Gasteiger partial charge is 0.410 e. The number of methoxy groups -OCH3 is 1. The average molecular weight is 607 g/mol. The molecule has 0 spiro atoms. The first-order chi connectivity index (χ1) is 19.8. The third kappa shape index (κ3) is 12.6. The zero-order valence-corrected chi connectivity index (χ0v) is 27.5. The summed E-state index contributed by atoms with van der Waals surface area (Å²) in [7, 11) is 1.33. The van der Waals surface area contributed by atoms with Gasteiger partial charge < -0.3 is 38.5 Å². The third-order valence-electron chi connectivity index (χ3n) is 6.17. The number of carbonyl (C=O) groups is 4. The highest BCUT2D eigenvalue weighted by atomic mass is 16.6. The van der Waals surface area contributed by atoms with E-state index >= 15 is 0 Å². The van der Waals surface area contributed by atoms with E-state index in [-0.39, 0.29) is 39.3 Å². The number of rotatable bonds is 2. The molecule has 1 heterocycles. The van der Waals surface area contributed by atoms with Crippen molar-refractivity contribution >= 4 is 29.9 Å². The summed E-state index contributed by atoms with van der Waals surface area (Å²) in [5, 5.41) is 0. The van der Waals surface area contributed by atoms with Crippen molar-refractivity contribution in [1.29, 1.82) is 0 Å². The van der Waals surface area contributed by atoms with Gasteiger partial charge in [-0.25, -0.2) is 19.2 Å². The zero-order valence-electron chi connectivity index (χ0n) is 27.5. The van der Waals surface area contributed by atoms with Gasteiger partial charge in [-0.15, -0.1) is 0 Å². The van der Waals surface area contributed by atoms with Gasteiger partial charge in [-0.05, 0) is 86.6 Å². The minimum atomic E-state index is -0.722. The first-order valence-corrected chi connectivity index (χ1v) is 14.6. The second-order valence-corrected chi connectivity index (χ2v) is 13.4. The number of amides is 3. The summed E-state index contributed by atoms with van der Waals surface area (Å²) in [6, 6.07) is 6.95. The van der Waals surface area contributed by atoms with Crippen molar-refractivity contribution in [2.24, 2.45) is 0 Å². The summed E-state index contributed by atoms with van der Waals surface area (Å²) in [5.41, 5.74) is -0.922. The third-order valence-corrected chi connectivity index (χ3v) is 6.17. The van der Waals surface area contributed by atoms with Crippen molar-refractivity contribution in [2.45, 2.75) is 79.1 Å². The maximum atomic E-state index is 13.2. The van der Waals surface area contributed by atoms with Crippen molar-refractivity contribution in [3.63, 3.8) is 0 Å². The lowest BCUT2D eigenvalue weighted by atomic mass is 10.2. The maximum absolute atomic E-state index is 13.2. The molecule has 0 aliphatic carbocycles. The number of benzene rings is 1. The molecule has 1 aromatic rings. The van der Waals surface area contributed by atoms with Gasteiger partial charge in [-0.3, -0.25) is 0 Å². The molecule has 0 radical (unpaired) electrons. The Labute approximate surface area is 256 Å². The zero-order chi connectivity index (χ0) is 32.6. The van der Waals surface area contributed by atoms with E-state index in [1.807, 2.05) is 4.90 Å². The summed E-state index contributed by atoms with van der Waals surface area (Å²) in [4.78, 5) is 58.3. The van der Waals surface area contributed by atoms with E-state index in [9.17, 15) is 19.2 Å². The Kier molecular flexibility index (Phi) is 12.1. The van der Waals surface area contributed by atoms with Crippen LogP contribution in [-0.2, 0) is 18.9 Å². The van der Waals surface area contributed by atoms with Crippen LogP contribution in [0.2, 0.25) is 0 Å². The van der Waals surface area contributed by atoms with E-state index in [0.29, 0.717) is 18.7 Å². The number of esters is 1. The van der Waals surface area contributed by atoms with Gasteiger partial charge in [0.25, 0.3) is 0 Å². The molecule has 0 atom stereocenters. The lowest BCUT2D eigenvalue weighted by Crippen LogP contribution is -2.51. The van der Waals surface area contributed by atoms with Crippen molar-refractivity contribution in [3.05, 3.63) is 29.8 Å². The molecule has 3 amide bonds. The number of carbonyl (C=O) groups excluding carboxylic acids is 4. The fraction of sp³-hybridized carbons (Fsp3) is 0.677. The number of hydrogen-bond donors (Lipinski definition) is 0. The van der Waals surface area contributed by atoms with Crippen LogP contribution in [0.15, 0.2) is 24.3 Å². The largest absolute Gasteiger partial charge is 0.465 e. The first-order valence-electron chi connectivity index (χ1n) is 14.6. The predicted molar refractivity (Wildman–Crippen MR) is 163 cm³/mol. The molecule has 0 unspecified atom stereocenters. The topological polar surface area (TPSA) is 118 Å². The van der Waals surface area contributed by atoms with Crippen molar-refractivity contribution in [3.8, 4) is 0 Å². The first kappa shape index (κ1) is 35.5. The Hall–Kier alpha value is -3.70. The number of nitrogens with zero attached hydrogens (tertiary/aromatic N) is 4. The fourth-order valence-corrected chi connectivity index (χ4v) is 4.12. The molecule has 1 aliphatic heterocycles. The molecule has 0 saturated carbocycles. The molecule has 2 rings (SSSR count). The second kappa shape index (κ2) is 14.7. The molecule has 12 heteroatoms. The molecule has 43 heavy (non-hydrogen) atoms. The number of ether oxygens (including phenoxy) is 4. The Balaban J connectivity index is 2.44. The van der Waals surface area contributed by atoms with Crippen LogP contribution >= 0.6 is 0 Å². The van der Waals surface area contributed by atoms with Crippen molar-refractivity contribution in [2.75, 3.05) is 64.4 Å². The van der Waals surface area contributed by atoms with E-state index in [4.69, 9.17) is 18.9 Å². The van der Waals surface area contributed by atoms with Gasteiger partial charge in [0.2, 0.25) is 0 Å². The lowest BCUT2D eigenvalue weighted by molar-refractivity contribution is 0.00807. The minimum Gasteiger partial charge on any atom is -0.465 e. The Morgan fingerprint density at radius 1 is 0.535 bits per heavy atom. The Morgan fingerprint density at radius 2 is 0.837 bits per heavy atom. The van der Waals surface area contributed by atoms with E-state index in [1.54, 1.807) is 96.4 Å². The summed E-state index contributed by atoms with van der Waals surface area (Å²) in [5.74, 6) is -0.443. The fourth-order valence-electron chi connectivity index (χ4n) is 4.12. The van der Waals surface area contributed by atoms with Crippen molar-refractivity contribution in [1.82, 2.24) is 14.7 Å². The van der Waals surface area contributed by atoms with Crippen LogP contribution in [0.5, 0.6) is 0 Å². The van der Waals surface area contributed by atoms with Crippen LogP contribution in [-0.4, -0.2) is 115 Å². The van der Waals surface area contributed by atoms with Crippen LogP contribution in [0.1, 0.15) is 72.7 Å². The molecule has 12 nitrogen and oxygen atoms in total. The van der Waals surface area contributed by atoms with Crippen molar-refractivity contribution < 1.29 is 38.1 Å². The molecule has 0 aromatic heterocycles. The predicted octanol–water partition coefficient (Wildman–Crippen LogP) is 5.00. The normalized spacial score (nSPS) is 16.0. The Bertz CT molecular complexity index is 1060. The van der Waals surface area contributed by atoms with Gasteiger partial charge >= 0.3 is 24.2 Å². The second-order valence-electron chi connectivity index (χ2n) is 13.4. The molecule has 1 fully saturated rings. The molecule has 242 valence electrons. The van der Waals surface area contributed by atoms with Crippen LogP contribution in [0.3, 0.4) is 0 Å². The van der Waals surface area contributed by atoms with Crippen LogP contribution in [0.25, 0.3) is 0 Å². The lowest BCUT2D eigenvalue weighted by Gasteiger charge is -2.36. The summed E-state index contributed by atoms with van der Waals surface area (Å²) in [6.07, 6.45) is -1.53. The van der Waals surface area contributed by atoms with Crippen LogP contribution in [0, 0.1) is 0 Å². The van der Waals surface area contributed by atoms with Gasteiger partial charge in [0, 0.05) is 58.0 Å². The van der Waals surface area contributed by atoms with Gasteiger partial charge in [-0.1, -0.05) is 0 Å². The Morgan fingerprint density at radius 3 is 1.12 bits per heavy atom. The summed E-state index contributed by atoms with van der Waals surface area (Å²) >= 11 is 0. The maximum Gasteiger partial charge on any atom is 0.410 e. The molecular weight excluding hydrogens is 556 g/mol. The highest BCUT2D eigenvalue weighted by molar-refractivity contribution is 5.89. The van der Waals surface area contributed by atoms with Gasteiger partial charge in [0.15, 0.2) is 0 Å². The molecule has 1 saturated heterocycles. The van der Waals surface area contributed by atoms with E-state index < -0.39 is 41.1 Å². The summed E-state index contributed by atoms with van der Waals surface area (Å²) in [6.45, 7) is 18.2. The molecule has 1 aromatic carbocycles. The standard InChI is InChI=1S/C31H50N4O8/c1-29(2,3)41-26(37)33-17-15-32(24-13-11-23(12-14-24)25(36)40-10)16-18-34(27(38)42-30(4,5)6)20-22-35(21-19-33)28(39)43-31(7,8)9/h11-14H,15-22H2,1-10H3. The average Bonchev–Trinajstić information content (AvgIpc) is 2.85. The van der Waals surface area contributed by atoms with E-state index in [2.05, 4.69) is 0 Å². The number of hydrogen-bond acceptors (Lipinski definition) is 9. The molecular formula is C31H50N4O8. The van der Waals surface area contributed by atoms with Gasteiger partial charge in [0.05, 0.1) is 12.7 Å². The van der Waals surface area contributed by atoms with Crippen LogP contribution in [0.4, 0.5) is 20.1 Å². The van der Waals surface area contributed by atoms with E-state index in [1.165, 1.54) is 12.0 Å². The molecule has 0 bridgehead atoms. The number of anilines is 1. The van der Waals surface area contributed by atoms with Gasteiger partial charge in [-0.2, -0.15) is 0 Å². The quantitative estimate of drug-likeness (QED) is 0.338. The molecule has 1 aliphatic rings. The summed E-state index contributed by atoms with van der Waals surface area (Å²) < 4.78 is 21.8. The minimum absolute atomic E-state index is 0.171. The van der Waals surface area contributed by atoms with Crippen LogP contribution < -0.4 is 4.90 Å². The monoisotopic (exact) mass is 606 g/mol. The highest BCUT2D eigenvalue weighted by Crippen LogP contribution is 2.19. The SMILES string of the molecule is COC(=O)c1ccc(N2CCN(C(=O)OC(C)(C)C)CCN(C(=O)OC(C)(C)C)CCN(C(=O)OC(C)(C)C)CC2)cc1. The van der Waals surface area contributed by atoms with Gasteiger partial charge in [0.1, 0.15) is 16.8 Å². The van der Waals surface area contributed by atoms with E-state index in [0.717, 1.165) is 5.69 Å². The molecule has 0 N–H and O–H groups in total.